The standard InChI is InChI=1S/C17H21ClO/c1-4-12(2)11-16(18)14-9-10-17(19-3)15-8-6-5-7-13(14)15/h5-10,12,16H,4,11H2,1-3H3. The van der Waals surface area contributed by atoms with Crippen LogP contribution in [0, 0.1) is 5.92 Å². The zero-order chi connectivity index (χ0) is 13.8. The third-order valence-corrected chi connectivity index (χ3v) is 4.19. The van der Waals surface area contributed by atoms with Gasteiger partial charge in [0.15, 0.2) is 0 Å². The summed E-state index contributed by atoms with van der Waals surface area (Å²) < 4.78 is 5.42. The zero-order valence-corrected chi connectivity index (χ0v) is 12.6. The van der Waals surface area contributed by atoms with Crippen LogP contribution in [0.2, 0.25) is 0 Å². The van der Waals surface area contributed by atoms with Crippen LogP contribution in [-0.2, 0) is 0 Å². The van der Waals surface area contributed by atoms with Crippen LogP contribution in [0.4, 0.5) is 0 Å². The summed E-state index contributed by atoms with van der Waals surface area (Å²) in [4.78, 5) is 0. The van der Waals surface area contributed by atoms with Gasteiger partial charge in [-0.3, -0.25) is 0 Å². The predicted molar refractivity (Wildman–Crippen MR) is 83.2 cm³/mol. The second kappa shape index (κ2) is 6.29. The Labute approximate surface area is 120 Å². The smallest absolute Gasteiger partial charge is 0.126 e. The van der Waals surface area contributed by atoms with Crippen molar-refractivity contribution in [2.75, 3.05) is 7.11 Å². The Morgan fingerprint density at radius 3 is 2.42 bits per heavy atom. The van der Waals surface area contributed by atoms with Gasteiger partial charge < -0.3 is 4.74 Å². The number of rotatable bonds is 5. The Morgan fingerprint density at radius 2 is 1.79 bits per heavy atom. The molecule has 19 heavy (non-hydrogen) atoms. The molecule has 0 N–H and O–H groups in total. The lowest BCUT2D eigenvalue weighted by Gasteiger charge is -2.17. The number of fused-ring (bicyclic) bond motifs is 1. The Bertz CT molecular complexity index is 550. The van der Waals surface area contributed by atoms with Gasteiger partial charge in [0, 0.05) is 5.39 Å². The Hall–Kier alpha value is -1.21. The van der Waals surface area contributed by atoms with E-state index in [2.05, 4.69) is 38.1 Å². The van der Waals surface area contributed by atoms with E-state index in [1.807, 2.05) is 12.1 Å². The number of halogens is 1. The van der Waals surface area contributed by atoms with Crippen molar-refractivity contribution >= 4 is 22.4 Å². The molecule has 0 aromatic heterocycles. The molecule has 0 amide bonds. The highest BCUT2D eigenvalue weighted by Gasteiger charge is 2.15. The summed E-state index contributed by atoms with van der Waals surface area (Å²) in [5.41, 5.74) is 1.21. The van der Waals surface area contributed by atoms with Crippen LogP contribution in [0.25, 0.3) is 10.8 Å². The average molecular weight is 277 g/mol. The molecular formula is C17H21ClO. The Kier molecular flexibility index (Phi) is 4.71. The summed E-state index contributed by atoms with van der Waals surface area (Å²) in [6.07, 6.45) is 2.17. The first-order chi connectivity index (χ1) is 9.17. The second-order valence-corrected chi connectivity index (χ2v) is 5.65. The lowest BCUT2D eigenvalue weighted by atomic mass is 9.94. The molecule has 0 heterocycles. The molecule has 0 bridgehead atoms. The summed E-state index contributed by atoms with van der Waals surface area (Å²) in [6.45, 7) is 4.46. The molecule has 0 saturated carbocycles. The molecule has 0 fully saturated rings. The number of hydrogen-bond acceptors (Lipinski definition) is 1. The van der Waals surface area contributed by atoms with Crippen molar-refractivity contribution in [3.63, 3.8) is 0 Å². The predicted octanol–water partition coefficient (Wildman–Crippen LogP) is 5.56. The van der Waals surface area contributed by atoms with Crippen molar-refractivity contribution in [3.05, 3.63) is 42.0 Å². The maximum atomic E-state index is 6.61. The molecule has 2 heteroatoms. The number of benzene rings is 2. The SMILES string of the molecule is CCC(C)CC(Cl)c1ccc(OC)c2ccccc12. The minimum absolute atomic E-state index is 0.0609. The summed E-state index contributed by atoms with van der Waals surface area (Å²) in [5, 5.41) is 2.40. The average Bonchev–Trinajstić information content (AvgIpc) is 2.45. The molecule has 0 aliphatic carbocycles. The van der Waals surface area contributed by atoms with Crippen LogP contribution in [0.1, 0.15) is 37.6 Å². The summed E-state index contributed by atoms with van der Waals surface area (Å²) in [6, 6.07) is 12.4. The maximum absolute atomic E-state index is 6.61. The van der Waals surface area contributed by atoms with Crippen LogP contribution in [0.3, 0.4) is 0 Å². The van der Waals surface area contributed by atoms with Gasteiger partial charge in [0.1, 0.15) is 5.75 Å². The number of alkyl halides is 1. The molecule has 2 rings (SSSR count). The summed E-state index contributed by atoms with van der Waals surface area (Å²) in [5.74, 6) is 1.55. The van der Waals surface area contributed by atoms with Crippen LogP contribution in [-0.4, -0.2) is 7.11 Å². The molecule has 2 aromatic carbocycles. The van der Waals surface area contributed by atoms with Crippen molar-refractivity contribution in [2.24, 2.45) is 5.92 Å². The molecule has 0 radical (unpaired) electrons. The van der Waals surface area contributed by atoms with E-state index in [1.165, 1.54) is 10.9 Å². The first-order valence-electron chi connectivity index (χ1n) is 6.87. The first-order valence-corrected chi connectivity index (χ1v) is 7.30. The van der Waals surface area contributed by atoms with Gasteiger partial charge in [-0.25, -0.2) is 0 Å². The lowest BCUT2D eigenvalue weighted by Crippen LogP contribution is -2.00. The lowest BCUT2D eigenvalue weighted by molar-refractivity contribution is 0.419. The van der Waals surface area contributed by atoms with E-state index in [9.17, 15) is 0 Å². The van der Waals surface area contributed by atoms with Crippen molar-refractivity contribution in [2.45, 2.75) is 32.1 Å². The maximum Gasteiger partial charge on any atom is 0.126 e. The van der Waals surface area contributed by atoms with Crippen molar-refractivity contribution < 1.29 is 4.74 Å². The van der Waals surface area contributed by atoms with Gasteiger partial charge >= 0.3 is 0 Å². The van der Waals surface area contributed by atoms with E-state index >= 15 is 0 Å². The highest BCUT2D eigenvalue weighted by Crippen LogP contribution is 2.37. The fourth-order valence-corrected chi connectivity index (χ4v) is 2.89. The van der Waals surface area contributed by atoms with Crippen LogP contribution < -0.4 is 4.74 Å². The summed E-state index contributed by atoms with van der Waals surface area (Å²) in [7, 11) is 1.71. The van der Waals surface area contributed by atoms with Crippen LogP contribution in [0.5, 0.6) is 5.75 Å². The minimum Gasteiger partial charge on any atom is -0.496 e. The van der Waals surface area contributed by atoms with E-state index in [-0.39, 0.29) is 5.38 Å². The van der Waals surface area contributed by atoms with Gasteiger partial charge in [0.25, 0.3) is 0 Å². The molecule has 0 spiro atoms. The van der Waals surface area contributed by atoms with Gasteiger partial charge in [-0.2, -0.15) is 0 Å². The Balaban J connectivity index is 2.44. The van der Waals surface area contributed by atoms with Gasteiger partial charge in [-0.05, 0) is 29.4 Å². The molecule has 2 aromatic rings. The molecule has 2 unspecified atom stereocenters. The minimum atomic E-state index is 0.0609. The zero-order valence-electron chi connectivity index (χ0n) is 11.8. The van der Waals surface area contributed by atoms with Gasteiger partial charge in [-0.1, -0.05) is 50.6 Å². The third kappa shape index (κ3) is 3.03. The molecular weight excluding hydrogens is 256 g/mol. The van der Waals surface area contributed by atoms with Gasteiger partial charge in [0.05, 0.1) is 12.5 Å². The quantitative estimate of drug-likeness (QED) is 0.649. The van der Waals surface area contributed by atoms with Crippen molar-refractivity contribution in [1.29, 1.82) is 0 Å². The van der Waals surface area contributed by atoms with Gasteiger partial charge in [-0.15, -0.1) is 11.6 Å². The topological polar surface area (TPSA) is 9.23 Å². The molecule has 102 valence electrons. The largest absolute Gasteiger partial charge is 0.496 e. The fraction of sp³-hybridized carbons (Fsp3) is 0.412. The summed E-state index contributed by atoms with van der Waals surface area (Å²) >= 11 is 6.61. The van der Waals surface area contributed by atoms with E-state index in [0.29, 0.717) is 5.92 Å². The van der Waals surface area contributed by atoms with E-state index < -0.39 is 0 Å². The molecule has 1 nitrogen and oxygen atoms in total. The Morgan fingerprint density at radius 1 is 1.11 bits per heavy atom. The molecule has 0 saturated heterocycles. The molecule has 0 aliphatic rings. The number of ether oxygens (including phenoxy) is 1. The van der Waals surface area contributed by atoms with Gasteiger partial charge in [0.2, 0.25) is 0 Å². The highest BCUT2D eigenvalue weighted by atomic mass is 35.5. The van der Waals surface area contributed by atoms with E-state index in [1.54, 1.807) is 7.11 Å². The number of hydrogen-bond donors (Lipinski definition) is 0. The monoisotopic (exact) mass is 276 g/mol. The van der Waals surface area contributed by atoms with E-state index in [0.717, 1.165) is 24.0 Å². The highest BCUT2D eigenvalue weighted by molar-refractivity contribution is 6.22. The first kappa shape index (κ1) is 14.2. The molecule has 2 atom stereocenters. The normalized spacial score (nSPS) is 14.3. The van der Waals surface area contributed by atoms with E-state index in [4.69, 9.17) is 16.3 Å². The van der Waals surface area contributed by atoms with Crippen LogP contribution >= 0.6 is 11.6 Å². The van der Waals surface area contributed by atoms with Crippen LogP contribution in [0.15, 0.2) is 36.4 Å². The number of methoxy groups -OCH3 is 1. The third-order valence-electron chi connectivity index (χ3n) is 3.78. The fourth-order valence-electron chi connectivity index (χ4n) is 2.39. The molecule has 0 aliphatic heterocycles. The van der Waals surface area contributed by atoms with Crippen molar-refractivity contribution in [3.8, 4) is 5.75 Å². The van der Waals surface area contributed by atoms with Crippen molar-refractivity contribution in [1.82, 2.24) is 0 Å². The second-order valence-electron chi connectivity index (χ2n) is 5.12.